The molecular formula is C12H23NO. The van der Waals surface area contributed by atoms with Crippen LogP contribution < -0.4 is 0 Å². The van der Waals surface area contributed by atoms with Crippen molar-refractivity contribution < 1.29 is 4.79 Å². The predicted octanol–water partition coefficient (Wildman–Crippen LogP) is 2.33. The van der Waals surface area contributed by atoms with Gasteiger partial charge in [-0.05, 0) is 38.8 Å². The maximum atomic E-state index is 11.7. The largest absolute Gasteiger partial charge is 0.306 e. The second-order valence-electron chi connectivity index (χ2n) is 4.81. The van der Waals surface area contributed by atoms with Crippen LogP contribution in [0, 0.1) is 11.8 Å². The van der Waals surface area contributed by atoms with Gasteiger partial charge in [0.1, 0.15) is 5.78 Å². The summed E-state index contributed by atoms with van der Waals surface area (Å²) in [6.07, 6.45) is 4.19. The number of hydrogen-bond acceptors (Lipinski definition) is 2. The van der Waals surface area contributed by atoms with Crippen LogP contribution in [0.4, 0.5) is 0 Å². The number of ketones is 1. The minimum atomic E-state index is 0.315. The molecule has 0 radical (unpaired) electrons. The first-order chi connectivity index (χ1) is 6.63. The fourth-order valence-electron chi connectivity index (χ4n) is 2.35. The van der Waals surface area contributed by atoms with Crippen LogP contribution in [0.2, 0.25) is 0 Å². The van der Waals surface area contributed by atoms with Gasteiger partial charge in [-0.2, -0.15) is 0 Å². The number of carbonyl (C=O) groups excluding carboxylic acids is 1. The highest BCUT2D eigenvalue weighted by atomic mass is 16.1. The first kappa shape index (κ1) is 11.7. The number of rotatable bonds is 4. The summed E-state index contributed by atoms with van der Waals surface area (Å²) in [4.78, 5) is 13.9. The van der Waals surface area contributed by atoms with Gasteiger partial charge < -0.3 is 4.90 Å². The van der Waals surface area contributed by atoms with E-state index in [4.69, 9.17) is 0 Å². The number of nitrogens with zero attached hydrogens (tertiary/aromatic N) is 1. The monoisotopic (exact) mass is 197 g/mol. The van der Waals surface area contributed by atoms with Crippen LogP contribution >= 0.6 is 0 Å². The molecule has 0 spiro atoms. The highest BCUT2D eigenvalue weighted by Gasteiger charge is 2.26. The van der Waals surface area contributed by atoms with E-state index >= 15 is 0 Å². The lowest BCUT2D eigenvalue weighted by Crippen LogP contribution is -2.34. The van der Waals surface area contributed by atoms with Gasteiger partial charge in [0, 0.05) is 18.9 Å². The van der Waals surface area contributed by atoms with Crippen molar-refractivity contribution in [2.75, 3.05) is 20.1 Å². The highest BCUT2D eigenvalue weighted by Crippen LogP contribution is 2.26. The zero-order valence-corrected chi connectivity index (χ0v) is 9.75. The van der Waals surface area contributed by atoms with Gasteiger partial charge in [0.05, 0.1) is 0 Å². The molecule has 2 heteroatoms. The third-order valence-electron chi connectivity index (χ3n) is 3.16. The van der Waals surface area contributed by atoms with E-state index in [1.165, 1.54) is 6.42 Å². The van der Waals surface area contributed by atoms with Crippen molar-refractivity contribution in [3.8, 4) is 0 Å². The van der Waals surface area contributed by atoms with E-state index in [1.807, 2.05) is 0 Å². The first-order valence-corrected chi connectivity index (χ1v) is 5.84. The normalized spacial score (nSPS) is 28.4. The van der Waals surface area contributed by atoms with Gasteiger partial charge in [-0.3, -0.25) is 4.79 Å². The summed E-state index contributed by atoms with van der Waals surface area (Å²) in [5, 5.41) is 0. The predicted molar refractivity (Wildman–Crippen MR) is 59.3 cm³/mol. The second kappa shape index (κ2) is 5.50. The van der Waals surface area contributed by atoms with Crippen LogP contribution in [0.1, 0.15) is 39.5 Å². The Balaban J connectivity index is 2.37. The Morgan fingerprint density at radius 2 is 2.21 bits per heavy atom. The molecule has 2 unspecified atom stereocenters. The fourth-order valence-corrected chi connectivity index (χ4v) is 2.35. The van der Waals surface area contributed by atoms with Crippen molar-refractivity contribution in [1.29, 1.82) is 0 Å². The molecule has 0 N–H and O–H groups in total. The van der Waals surface area contributed by atoms with E-state index < -0.39 is 0 Å². The van der Waals surface area contributed by atoms with E-state index in [-0.39, 0.29) is 0 Å². The van der Waals surface area contributed by atoms with Gasteiger partial charge >= 0.3 is 0 Å². The molecule has 0 heterocycles. The Bertz CT molecular complexity index is 191. The second-order valence-corrected chi connectivity index (χ2v) is 4.81. The summed E-state index contributed by atoms with van der Waals surface area (Å²) in [7, 11) is 2.12. The van der Waals surface area contributed by atoms with Crippen LogP contribution in [0.25, 0.3) is 0 Å². The Labute approximate surface area is 87.7 Å². The van der Waals surface area contributed by atoms with E-state index in [0.29, 0.717) is 11.7 Å². The summed E-state index contributed by atoms with van der Waals surface area (Å²) < 4.78 is 0. The molecule has 0 bridgehead atoms. The molecule has 1 aliphatic carbocycles. The lowest BCUT2D eigenvalue weighted by molar-refractivity contribution is -0.126. The summed E-state index contributed by atoms with van der Waals surface area (Å²) in [5.41, 5.74) is 0. The molecule has 0 aliphatic heterocycles. The molecule has 2 atom stereocenters. The van der Waals surface area contributed by atoms with E-state index in [0.717, 1.165) is 38.3 Å². The number of carbonyl (C=O) groups is 1. The quantitative estimate of drug-likeness (QED) is 0.689. The Kier molecular flexibility index (Phi) is 4.59. The van der Waals surface area contributed by atoms with Crippen molar-refractivity contribution in [1.82, 2.24) is 4.90 Å². The van der Waals surface area contributed by atoms with Gasteiger partial charge in [-0.1, -0.05) is 13.8 Å². The van der Waals surface area contributed by atoms with Crippen molar-refractivity contribution in [3.05, 3.63) is 0 Å². The summed E-state index contributed by atoms with van der Waals surface area (Å²) in [6.45, 7) is 6.52. The smallest absolute Gasteiger partial charge is 0.137 e. The Morgan fingerprint density at radius 1 is 1.50 bits per heavy atom. The molecule has 1 rings (SSSR count). The van der Waals surface area contributed by atoms with Crippen LogP contribution in [-0.2, 0) is 4.79 Å². The minimum Gasteiger partial charge on any atom is -0.306 e. The number of hydrogen-bond donors (Lipinski definition) is 0. The summed E-state index contributed by atoms with van der Waals surface area (Å²) in [5.74, 6) is 1.55. The molecule has 0 amide bonds. The average Bonchev–Trinajstić information content (AvgIpc) is 2.12. The van der Waals surface area contributed by atoms with Crippen LogP contribution in [-0.4, -0.2) is 30.8 Å². The van der Waals surface area contributed by atoms with E-state index in [1.54, 1.807) is 0 Å². The van der Waals surface area contributed by atoms with Gasteiger partial charge in [0.15, 0.2) is 0 Å². The molecule has 0 aromatic rings. The highest BCUT2D eigenvalue weighted by molar-refractivity contribution is 5.81. The van der Waals surface area contributed by atoms with Crippen molar-refractivity contribution in [2.45, 2.75) is 39.5 Å². The first-order valence-electron chi connectivity index (χ1n) is 5.84. The van der Waals surface area contributed by atoms with Gasteiger partial charge in [0.2, 0.25) is 0 Å². The standard InChI is InChI=1S/C12H23NO/c1-4-7-13(3)9-11-8-10(2)5-6-12(11)14/h10-11H,4-9H2,1-3H3. The van der Waals surface area contributed by atoms with Gasteiger partial charge in [-0.15, -0.1) is 0 Å². The summed E-state index contributed by atoms with van der Waals surface area (Å²) in [6, 6.07) is 0. The topological polar surface area (TPSA) is 20.3 Å². The van der Waals surface area contributed by atoms with Crippen molar-refractivity contribution in [2.24, 2.45) is 11.8 Å². The van der Waals surface area contributed by atoms with E-state index in [9.17, 15) is 4.79 Å². The lowest BCUT2D eigenvalue weighted by Gasteiger charge is -2.29. The zero-order valence-electron chi connectivity index (χ0n) is 9.75. The Morgan fingerprint density at radius 3 is 2.86 bits per heavy atom. The maximum absolute atomic E-state index is 11.7. The van der Waals surface area contributed by atoms with Crippen LogP contribution in [0.15, 0.2) is 0 Å². The zero-order chi connectivity index (χ0) is 10.6. The van der Waals surface area contributed by atoms with Crippen LogP contribution in [0.5, 0.6) is 0 Å². The molecule has 1 aliphatic rings. The van der Waals surface area contributed by atoms with E-state index in [2.05, 4.69) is 25.8 Å². The van der Waals surface area contributed by atoms with Gasteiger partial charge in [0.25, 0.3) is 0 Å². The lowest BCUT2D eigenvalue weighted by atomic mass is 9.81. The maximum Gasteiger partial charge on any atom is 0.137 e. The third kappa shape index (κ3) is 3.41. The molecule has 14 heavy (non-hydrogen) atoms. The molecule has 0 aromatic heterocycles. The van der Waals surface area contributed by atoms with Crippen molar-refractivity contribution in [3.63, 3.8) is 0 Å². The molecule has 1 saturated carbocycles. The Hall–Kier alpha value is -0.370. The minimum absolute atomic E-state index is 0.315. The molecule has 0 aromatic carbocycles. The fraction of sp³-hybridized carbons (Fsp3) is 0.917. The summed E-state index contributed by atoms with van der Waals surface area (Å²) >= 11 is 0. The molecule has 1 fully saturated rings. The SMILES string of the molecule is CCCN(C)CC1CC(C)CCC1=O. The van der Waals surface area contributed by atoms with Crippen molar-refractivity contribution >= 4 is 5.78 Å². The molecule has 2 nitrogen and oxygen atoms in total. The molecule has 82 valence electrons. The average molecular weight is 197 g/mol. The molecular weight excluding hydrogens is 174 g/mol. The molecule has 0 saturated heterocycles. The number of Topliss-reactive ketones (excluding diaryl/α,β-unsaturated/α-hetero) is 1. The van der Waals surface area contributed by atoms with Gasteiger partial charge in [-0.25, -0.2) is 0 Å². The van der Waals surface area contributed by atoms with Crippen LogP contribution in [0.3, 0.4) is 0 Å². The third-order valence-corrected chi connectivity index (χ3v) is 3.16.